The number of amides is 2. The van der Waals surface area contributed by atoms with Gasteiger partial charge in [0.1, 0.15) is 0 Å². The van der Waals surface area contributed by atoms with Crippen LogP contribution < -0.4 is 10.6 Å². The van der Waals surface area contributed by atoms with E-state index in [4.69, 9.17) is 27.9 Å². The molecule has 2 amide bonds. The van der Waals surface area contributed by atoms with Gasteiger partial charge in [-0.05, 0) is 17.7 Å². The van der Waals surface area contributed by atoms with Crippen LogP contribution in [0, 0.1) is 0 Å². The first kappa shape index (κ1) is 19.0. The van der Waals surface area contributed by atoms with E-state index in [0.717, 1.165) is 5.56 Å². The maximum Gasteiger partial charge on any atom is 0.314 e. The van der Waals surface area contributed by atoms with E-state index in [0.29, 0.717) is 16.6 Å². The highest BCUT2D eigenvalue weighted by Gasteiger charge is 2.26. The molecule has 1 atom stereocenters. The summed E-state index contributed by atoms with van der Waals surface area (Å²) in [6.45, 7) is 4.52. The second kappa shape index (κ2) is 8.58. The molecule has 0 aliphatic heterocycles. The molecule has 1 rings (SSSR count). The van der Waals surface area contributed by atoms with E-state index in [9.17, 15) is 9.90 Å². The van der Waals surface area contributed by atoms with Gasteiger partial charge in [0.2, 0.25) is 0 Å². The van der Waals surface area contributed by atoms with Crippen LogP contribution in [0.15, 0.2) is 18.2 Å². The lowest BCUT2D eigenvalue weighted by molar-refractivity contribution is 0.0659. The molecular formula is C15H22Cl2N2O3. The minimum atomic E-state index is -0.734. The fourth-order valence-electron chi connectivity index (χ4n) is 2.06. The summed E-state index contributed by atoms with van der Waals surface area (Å²) in [5.74, 6) is 0. The third-order valence-electron chi connectivity index (χ3n) is 3.19. The predicted molar refractivity (Wildman–Crippen MR) is 88.8 cm³/mol. The highest BCUT2D eigenvalue weighted by molar-refractivity contribution is 6.36. The minimum absolute atomic E-state index is 0.118. The van der Waals surface area contributed by atoms with E-state index >= 15 is 0 Å². The molecular weight excluding hydrogens is 327 g/mol. The minimum Gasteiger partial charge on any atom is -0.389 e. The molecule has 0 aliphatic rings. The number of carbonyl (C=O) groups excluding carboxylic acids is 1. The van der Waals surface area contributed by atoms with E-state index in [-0.39, 0.29) is 19.2 Å². The molecule has 5 nitrogen and oxygen atoms in total. The Hall–Kier alpha value is -1.01. The summed E-state index contributed by atoms with van der Waals surface area (Å²) in [7, 11) is 1.49. The van der Waals surface area contributed by atoms with Crippen LogP contribution in [0.3, 0.4) is 0 Å². The molecule has 0 aromatic heterocycles. The van der Waals surface area contributed by atoms with E-state index in [1.54, 1.807) is 18.2 Å². The molecule has 0 bridgehead atoms. The van der Waals surface area contributed by atoms with Crippen molar-refractivity contribution in [1.29, 1.82) is 0 Å². The molecule has 1 aromatic rings. The summed E-state index contributed by atoms with van der Waals surface area (Å²) in [5.41, 5.74) is 0.357. The molecule has 3 N–H and O–H groups in total. The fourth-order valence-corrected chi connectivity index (χ4v) is 2.97. The first-order valence-corrected chi connectivity index (χ1v) is 7.66. The van der Waals surface area contributed by atoms with Gasteiger partial charge in [0, 0.05) is 35.7 Å². The van der Waals surface area contributed by atoms with Crippen molar-refractivity contribution in [3.05, 3.63) is 33.8 Å². The molecule has 1 unspecified atom stereocenters. The highest BCUT2D eigenvalue weighted by atomic mass is 35.5. The average molecular weight is 349 g/mol. The van der Waals surface area contributed by atoms with Gasteiger partial charge in [-0.1, -0.05) is 43.1 Å². The summed E-state index contributed by atoms with van der Waals surface area (Å²) in [6, 6.07) is 4.95. The maximum absolute atomic E-state index is 11.8. The van der Waals surface area contributed by atoms with Crippen LogP contribution in [0.25, 0.3) is 0 Å². The third kappa shape index (κ3) is 5.65. The summed E-state index contributed by atoms with van der Waals surface area (Å²) in [5, 5.41) is 15.9. The smallest absolute Gasteiger partial charge is 0.314 e. The van der Waals surface area contributed by atoms with Crippen molar-refractivity contribution >= 4 is 29.2 Å². The van der Waals surface area contributed by atoms with Crippen LogP contribution in [0.4, 0.5) is 4.79 Å². The number of hydrogen-bond donors (Lipinski definition) is 3. The molecule has 7 heteroatoms. The monoisotopic (exact) mass is 348 g/mol. The molecule has 0 heterocycles. The molecule has 0 fully saturated rings. The van der Waals surface area contributed by atoms with Crippen LogP contribution in [0.1, 0.15) is 19.4 Å². The van der Waals surface area contributed by atoms with Crippen molar-refractivity contribution in [2.75, 3.05) is 26.8 Å². The summed E-state index contributed by atoms with van der Waals surface area (Å²) in [4.78, 5) is 11.8. The number of benzene rings is 1. The number of halogens is 2. The Morgan fingerprint density at radius 3 is 2.45 bits per heavy atom. The standard InChI is InChI=1S/C15H22Cl2N2O3/c1-15(2,13-11(16)5-4-6-12(13)17)9-19-14(21)18-7-10(20)8-22-3/h4-6,10,20H,7-9H2,1-3H3,(H2,18,19,21). The Balaban J connectivity index is 2.57. The Bertz CT molecular complexity index is 489. The first-order chi connectivity index (χ1) is 10.3. The Morgan fingerprint density at radius 1 is 1.32 bits per heavy atom. The largest absolute Gasteiger partial charge is 0.389 e. The summed E-state index contributed by atoms with van der Waals surface area (Å²) >= 11 is 12.4. The van der Waals surface area contributed by atoms with Crippen molar-refractivity contribution in [1.82, 2.24) is 10.6 Å². The zero-order valence-electron chi connectivity index (χ0n) is 13.0. The van der Waals surface area contributed by atoms with E-state index in [1.165, 1.54) is 7.11 Å². The first-order valence-electron chi connectivity index (χ1n) is 6.91. The molecule has 22 heavy (non-hydrogen) atoms. The number of carbonyl (C=O) groups is 1. The topological polar surface area (TPSA) is 70.6 Å². The lowest BCUT2D eigenvalue weighted by Crippen LogP contribution is -2.45. The maximum atomic E-state index is 11.8. The number of nitrogens with one attached hydrogen (secondary N) is 2. The predicted octanol–water partition coefficient (Wildman–Crippen LogP) is 2.58. The molecule has 0 radical (unpaired) electrons. The van der Waals surface area contributed by atoms with Crippen molar-refractivity contribution in [3.8, 4) is 0 Å². The molecule has 124 valence electrons. The molecule has 0 spiro atoms. The van der Waals surface area contributed by atoms with Gasteiger partial charge in [0.15, 0.2) is 0 Å². The Kier molecular flexibility index (Phi) is 7.42. The summed E-state index contributed by atoms with van der Waals surface area (Å²) < 4.78 is 4.78. The van der Waals surface area contributed by atoms with Crippen molar-refractivity contribution in [2.24, 2.45) is 0 Å². The fraction of sp³-hybridized carbons (Fsp3) is 0.533. The quantitative estimate of drug-likeness (QED) is 0.709. The van der Waals surface area contributed by atoms with Crippen LogP contribution in [-0.4, -0.2) is 44.0 Å². The lowest BCUT2D eigenvalue weighted by atomic mass is 9.84. The van der Waals surface area contributed by atoms with Crippen LogP contribution >= 0.6 is 23.2 Å². The van der Waals surface area contributed by atoms with Gasteiger partial charge >= 0.3 is 6.03 Å². The second-order valence-corrected chi connectivity index (χ2v) is 6.47. The molecule has 0 aliphatic carbocycles. The number of rotatable bonds is 7. The summed E-state index contributed by atoms with van der Waals surface area (Å²) in [6.07, 6.45) is -0.734. The lowest BCUT2D eigenvalue weighted by Gasteiger charge is -2.28. The number of ether oxygens (including phenoxy) is 1. The number of aliphatic hydroxyl groups is 1. The zero-order chi connectivity index (χ0) is 16.8. The average Bonchev–Trinajstić information content (AvgIpc) is 2.43. The van der Waals surface area contributed by atoms with E-state index in [1.807, 2.05) is 13.8 Å². The van der Waals surface area contributed by atoms with Crippen molar-refractivity contribution < 1.29 is 14.6 Å². The van der Waals surface area contributed by atoms with Gasteiger partial charge in [-0.2, -0.15) is 0 Å². The van der Waals surface area contributed by atoms with Crippen LogP contribution in [0.5, 0.6) is 0 Å². The van der Waals surface area contributed by atoms with Crippen LogP contribution in [-0.2, 0) is 10.2 Å². The highest BCUT2D eigenvalue weighted by Crippen LogP contribution is 2.35. The van der Waals surface area contributed by atoms with Gasteiger partial charge in [0.25, 0.3) is 0 Å². The number of urea groups is 1. The van der Waals surface area contributed by atoms with Gasteiger partial charge in [-0.15, -0.1) is 0 Å². The van der Waals surface area contributed by atoms with E-state index < -0.39 is 11.5 Å². The SMILES string of the molecule is COCC(O)CNC(=O)NCC(C)(C)c1c(Cl)cccc1Cl. The molecule has 0 saturated carbocycles. The Morgan fingerprint density at radius 2 is 1.91 bits per heavy atom. The van der Waals surface area contributed by atoms with Crippen molar-refractivity contribution in [3.63, 3.8) is 0 Å². The van der Waals surface area contributed by atoms with Gasteiger partial charge in [-0.25, -0.2) is 4.79 Å². The number of methoxy groups -OCH3 is 1. The number of hydrogen-bond acceptors (Lipinski definition) is 3. The Labute approximate surface area is 140 Å². The van der Waals surface area contributed by atoms with Gasteiger partial charge in [0.05, 0.1) is 12.7 Å². The van der Waals surface area contributed by atoms with Gasteiger partial charge < -0.3 is 20.5 Å². The second-order valence-electron chi connectivity index (χ2n) is 5.65. The van der Waals surface area contributed by atoms with Crippen molar-refractivity contribution in [2.45, 2.75) is 25.4 Å². The van der Waals surface area contributed by atoms with Gasteiger partial charge in [-0.3, -0.25) is 0 Å². The van der Waals surface area contributed by atoms with E-state index in [2.05, 4.69) is 10.6 Å². The third-order valence-corrected chi connectivity index (χ3v) is 3.82. The number of aliphatic hydroxyl groups excluding tert-OH is 1. The zero-order valence-corrected chi connectivity index (χ0v) is 14.5. The molecule has 1 aromatic carbocycles. The van der Waals surface area contributed by atoms with Crippen LogP contribution in [0.2, 0.25) is 10.0 Å². The molecule has 0 saturated heterocycles. The normalized spacial score (nSPS) is 12.8.